The van der Waals surface area contributed by atoms with Crippen LogP contribution in [0.2, 0.25) is 5.02 Å². The summed E-state index contributed by atoms with van der Waals surface area (Å²) in [7, 11) is 10.6. The molecule has 2 atom stereocenters. The van der Waals surface area contributed by atoms with Gasteiger partial charge in [0, 0.05) is 169 Å². The number of halogens is 8. The van der Waals surface area contributed by atoms with Gasteiger partial charge < -0.3 is 66.7 Å². The number of carbonyl (C=O) groups is 6. The number of methoxy groups -OCH3 is 3. The smallest absolute Gasteiger partial charge is 0.431 e. The predicted octanol–water partition coefficient (Wildman–Crippen LogP) is 17.1. The van der Waals surface area contributed by atoms with Crippen molar-refractivity contribution in [1.82, 2.24) is 57.9 Å². The SMILES string of the molecule is CC(C)Oc1ccc(C(=O)N2CC[C@]3(c4ccc(C(F)(F)F)n4CCN3C)[C@H](F)C2)cc1CO.CCCCOc1ccc(C(=O)N2CCC3(CC2)c2ccc(C(F)(F)F)n2CCN3C)cc1OC.COc1ccc(C(=O)N2CCC3(CC2)NC(C)(C)Cn2c(C(C)=O)ccc23)cc1Cl.COc1ccc(C(=O)N2CCC3(CC2)c2ccc(C(C)=O)n2CCN3C)cc1-c1ccccc1.[HH]. The predicted molar refractivity (Wildman–Crippen MR) is 490 cm³/mol. The summed E-state index contributed by atoms with van der Waals surface area (Å²) in [5.74, 6) is 2.61. The van der Waals surface area contributed by atoms with E-state index in [4.69, 9.17) is 35.3 Å². The van der Waals surface area contributed by atoms with Gasteiger partial charge in [-0.3, -0.25) is 48.8 Å². The average molecular weight is 1850 g/mol. The van der Waals surface area contributed by atoms with E-state index >= 15 is 4.39 Å². The molecule has 710 valence electrons. The van der Waals surface area contributed by atoms with Crippen LogP contribution in [0.25, 0.3) is 11.1 Å². The first kappa shape index (κ1) is 97.1. The maximum atomic E-state index is 15.8. The van der Waals surface area contributed by atoms with Gasteiger partial charge in [0.25, 0.3) is 23.6 Å². The molecule has 0 bridgehead atoms. The molecule has 4 fully saturated rings. The van der Waals surface area contributed by atoms with Crippen molar-refractivity contribution in [2.45, 2.75) is 191 Å². The fourth-order valence-corrected chi connectivity index (χ4v) is 21.2. The van der Waals surface area contributed by atoms with Crippen molar-refractivity contribution < 1.29 is 89.7 Å². The lowest BCUT2D eigenvalue weighted by Gasteiger charge is -2.52. The summed E-state index contributed by atoms with van der Waals surface area (Å²) < 4.78 is 131. The number of alkyl halides is 7. The van der Waals surface area contributed by atoms with E-state index in [0.29, 0.717) is 139 Å². The van der Waals surface area contributed by atoms with Gasteiger partial charge >= 0.3 is 12.4 Å². The monoisotopic (exact) mass is 1850 g/mol. The highest BCUT2D eigenvalue weighted by Crippen LogP contribution is 2.50. The second-order valence-electron chi connectivity index (χ2n) is 36.6. The molecule has 4 saturated heterocycles. The number of amides is 4. The third kappa shape index (κ3) is 19.2. The van der Waals surface area contributed by atoms with E-state index in [9.17, 15) is 60.2 Å². The fourth-order valence-electron chi connectivity index (χ4n) is 21.0. The second-order valence-corrected chi connectivity index (χ2v) is 37.0. The molecule has 4 aromatic heterocycles. The number of ether oxygens (including phenoxy) is 5. The number of fused-ring (bicyclic) bond motifs is 8. The van der Waals surface area contributed by atoms with Gasteiger partial charge in [-0.2, -0.15) is 26.3 Å². The Balaban J connectivity index is 0.000000150. The number of likely N-dealkylation sites (tertiary alicyclic amines) is 4. The highest BCUT2D eigenvalue weighted by molar-refractivity contribution is 6.32. The van der Waals surface area contributed by atoms with Crippen molar-refractivity contribution in [2.24, 2.45) is 0 Å². The number of Topliss-reactive ketones (excluding diaryl/α,β-unsaturated/α-hetero) is 2. The van der Waals surface area contributed by atoms with Crippen molar-refractivity contribution in [3.8, 4) is 39.9 Å². The molecule has 24 nitrogen and oxygen atoms in total. The van der Waals surface area contributed by atoms with E-state index in [1.54, 1.807) is 107 Å². The zero-order chi connectivity index (χ0) is 94.9. The van der Waals surface area contributed by atoms with Crippen LogP contribution in [0.4, 0.5) is 30.7 Å². The summed E-state index contributed by atoms with van der Waals surface area (Å²) >= 11 is 6.21. The van der Waals surface area contributed by atoms with Crippen LogP contribution in [-0.4, -0.2) is 232 Å². The number of hydrogen-bond donors (Lipinski definition) is 2. The average Bonchev–Trinajstić information content (AvgIpc) is 1.60. The molecule has 0 aliphatic carbocycles. The molecular formula is C100H122ClF7N12O12. The van der Waals surface area contributed by atoms with Crippen LogP contribution in [-0.2, 0) is 67.3 Å². The topological polar surface area (TPSA) is 223 Å². The van der Waals surface area contributed by atoms with E-state index in [-0.39, 0.29) is 92.6 Å². The quantitative estimate of drug-likeness (QED) is 0.0491. The zero-order valence-corrected chi connectivity index (χ0v) is 78.1. The van der Waals surface area contributed by atoms with E-state index < -0.39 is 46.9 Å². The summed E-state index contributed by atoms with van der Waals surface area (Å²) in [5.41, 5.74) is 5.67. The number of benzene rings is 5. The number of piperidine rings is 4. The van der Waals surface area contributed by atoms with Crippen LogP contribution in [0, 0.1) is 0 Å². The first-order chi connectivity index (χ1) is 62.8. The molecule has 8 aliphatic rings. The van der Waals surface area contributed by atoms with Gasteiger partial charge in [0.05, 0.1) is 85.8 Å². The molecule has 0 saturated carbocycles. The maximum absolute atomic E-state index is 15.8. The molecule has 0 unspecified atom stereocenters. The molecule has 8 aliphatic heterocycles. The number of unbranched alkanes of at least 4 members (excludes halogenated alkanes) is 1. The van der Waals surface area contributed by atoms with Gasteiger partial charge in [0.2, 0.25) is 0 Å². The summed E-state index contributed by atoms with van der Waals surface area (Å²) in [6.07, 6.45) is -4.05. The standard InChI is InChI=1S/C28H31N3O3.C25H32F3N3O3.C24H29F4N3O3.C23H28ClN3O3.H2/c1-20(32)24-10-12-26-28(29(2)17-18-31(24)26)13-15-30(16-14-28)27(33)22-9-11-25(34-3)23(19-22)21-7-5-4-6-8-21;1-4-5-16-34-19-7-6-18(17-20(19)33-3)23(32)30-12-10-24(11-13-30)21-8-9-22(25(26,27)28)31(21)15-14-29(24)2;1-15(2)34-18-5-4-16(12-17(18)14-32)22(33)30-9-8-23(19(25)13-30)20-6-7-21(24(26,27)28)31(20)11-10-29(23)3;1-15(28)18-6-8-20-23(25-22(2,3)14-27(18)20)9-11-26(12-10-23)21(29)16-5-7-19(30-4)17(24)13-16;/h4-12,19H,13-18H2,1-3H3;6-9,17H,4-5,10-16H2,1-3H3;4-7,12,15,19,32H,8-11,13-14H2,1-3H3;5-8,13,25H,9-12,14H2,1-4H3;1H/t;;19-,23-;;/m..1../s1. The van der Waals surface area contributed by atoms with Crippen LogP contribution < -0.4 is 29.0 Å². The number of hydrogen-bond acceptors (Lipinski definition) is 16. The molecule has 12 heterocycles. The second kappa shape index (κ2) is 39.3. The van der Waals surface area contributed by atoms with Gasteiger partial charge in [-0.05, 0) is 227 Å². The molecule has 9 aromatic rings. The number of nitrogens with zero attached hydrogens (tertiary/aromatic N) is 11. The number of ketones is 2. The largest absolute Gasteiger partial charge is 0.496 e. The van der Waals surface area contributed by atoms with Crippen molar-refractivity contribution >= 4 is 46.8 Å². The lowest BCUT2D eigenvalue weighted by atomic mass is 9.79. The van der Waals surface area contributed by atoms with Crippen LogP contribution in [0.5, 0.6) is 28.7 Å². The molecule has 5 aromatic carbocycles. The summed E-state index contributed by atoms with van der Waals surface area (Å²) in [5, 5.41) is 13.9. The third-order valence-electron chi connectivity index (χ3n) is 27.9. The van der Waals surface area contributed by atoms with E-state index in [1.807, 2.05) is 91.4 Å². The van der Waals surface area contributed by atoms with Crippen LogP contribution >= 0.6 is 11.6 Å². The van der Waals surface area contributed by atoms with Crippen LogP contribution in [0.3, 0.4) is 0 Å². The third-order valence-corrected chi connectivity index (χ3v) is 28.2. The first-order valence-corrected chi connectivity index (χ1v) is 45.7. The number of carbonyl (C=O) groups excluding carboxylic acids is 6. The molecular weight excluding hydrogens is 1730 g/mol. The lowest BCUT2D eigenvalue weighted by molar-refractivity contribution is -0.146. The Kier molecular flexibility index (Phi) is 28.9. The molecule has 132 heavy (non-hydrogen) atoms. The molecule has 2 N–H and O–H groups in total. The Bertz CT molecular complexity index is 5710. The maximum Gasteiger partial charge on any atom is 0.431 e. The van der Waals surface area contributed by atoms with E-state index in [2.05, 4.69) is 64.2 Å². The molecule has 4 spiro atoms. The Labute approximate surface area is 772 Å². The van der Waals surface area contributed by atoms with Crippen LogP contribution in [0.15, 0.2) is 152 Å². The number of aromatic nitrogens is 4. The van der Waals surface area contributed by atoms with E-state index in [1.165, 1.54) is 37.9 Å². The Morgan fingerprint density at radius 1 is 0.492 bits per heavy atom. The minimum absolute atomic E-state index is 0. The molecule has 32 heteroatoms. The number of likely N-dealkylation sites (N-methyl/N-ethyl adjacent to an activating group) is 3. The minimum atomic E-state index is -4.52. The Hall–Kier alpha value is -11.0. The van der Waals surface area contributed by atoms with Crippen molar-refractivity contribution in [3.63, 3.8) is 0 Å². The van der Waals surface area contributed by atoms with Crippen molar-refractivity contribution in [2.75, 3.05) is 121 Å². The Morgan fingerprint density at radius 3 is 1.45 bits per heavy atom. The van der Waals surface area contributed by atoms with Gasteiger partial charge in [0.15, 0.2) is 23.1 Å². The fraction of sp³-hybridized carbons (Fsp3) is 0.480. The highest BCUT2D eigenvalue weighted by atomic mass is 35.5. The summed E-state index contributed by atoms with van der Waals surface area (Å²) in [6.45, 7) is 20.8. The number of aliphatic hydroxyl groups is 1. The highest BCUT2D eigenvalue weighted by Gasteiger charge is 2.55. The van der Waals surface area contributed by atoms with Gasteiger partial charge in [-0.1, -0.05) is 55.3 Å². The first-order valence-electron chi connectivity index (χ1n) is 45.3. The minimum Gasteiger partial charge on any atom is -0.496 e. The van der Waals surface area contributed by atoms with Gasteiger partial charge in [-0.15, -0.1) is 0 Å². The molecule has 17 rings (SSSR count). The number of aliphatic hydroxyl groups excluding tert-OH is 1. The number of rotatable bonds is 17. The van der Waals surface area contributed by atoms with Gasteiger partial charge in [0.1, 0.15) is 34.8 Å². The summed E-state index contributed by atoms with van der Waals surface area (Å²) in [6, 6.07) is 44.0. The zero-order valence-electron chi connectivity index (χ0n) is 77.4. The van der Waals surface area contributed by atoms with Crippen molar-refractivity contribution in [3.05, 3.63) is 230 Å². The molecule has 0 radical (unpaired) electrons. The molecule has 4 amide bonds. The number of nitrogens with one attached hydrogen (secondary N) is 1. The van der Waals surface area contributed by atoms with Crippen LogP contribution in [0.1, 0.15) is 210 Å². The van der Waals surface area contributed by atoms with Crippen molar-refractivity contribution in [1.29, 1.82) is 0 Å². The summed E-state index contributed by atoms with van der Waals surface area (Å²) in [4.78, 5) is 90.5. The van der Waals surface area contributed by atoms with E-state index in [0.717, 1.165) is 98.2 Å². The normalized spacial score (nSPS) is 19.6. The van der Waals surface area contributed by atoms with Gasteiger partial charge in [-0.25, -0.2) is 4.39 Å². The lowest BCUT2D eigenvalue weighted by Crippen LogP contribution is -2.63. The Morgan fingerprint density at radius 2 is 0.939 bits per heavy atom.